The first-order chi connectivity index (χ1) is 8.67. The van der Waals surface area contributed by atoms with Gasteiger partial charge in [-0.3, -0.25) is 4.68 Å². The lowest BCUT2D eigenvalue weighted by Crippen LogP contribution is -2.13. The minimum atomic E-state index is 0.159. The highest BCUT2D eigenvalue weighted by Gasteiger charge is 2.03. The van der Waals surface area contributed by atoms with Crippen LogP contribution in [-0.4, -0.2) is 38.3 Å². The van der Waals surface area contributed by atoms with Gasteiger partial charge in [0.05, 0.1) is 12.7 Å². The third-order valence-corrected chi connectivity index (χ3v) is 2.39. The lowest BCUT2D eigenvalue weighted by atomic mass is 10.4. The van der Waals surface area contributed by atoms with Gasteiger partial charge in [0.15, 0.2) is 0 Å². The first kappa shape index (κ1) is 12.6. The van der Waals surface area contributed by atoms with Gasteiger partial charge in [0.2, 0.25) is 17.2 Å². The van der Waals surface area contributed by atoms with Gasteiger partial charge in [0.1, 0.15) is 0 Å². The SMILES string of the molecule is CNc1nc(Cl)nc(NCCn2cc(C)cn2)n1. The maximum Gasteiger partial charge on any atom is 0.228 e. The molecule has 8 heteroatoms. The van der Waals surface area contributed by atoms with E-state index in [-0.39, 0.29) is 5.28 Å². The number of nitrogens with zero attached hydrogens (tertiary/aromatic N) is 5. The lowest BCUT2D eigenvalue weighted by Gasteiger charge is -2.06. The highest BCUT2D eigenvalue weighted by molar-refractivity contribution is 6.28. The van der Waals surface area contributed by atoms with E-state index in [2.05, 4.69) is 30.7 Å². The topological polar surface area (TPSA) is 80.5 Å². The number of halogens is 1. The van der Waals surface area contributed by atoms with Crippen molar-refractivity contribution in [2.75, 3.05) is 24.2 Å². The Morgan fingerprint density at radius 3 is 2.72 bits per heavy atom. The van der Waals surface area contributed by atoms with Crippen LogP contribution in [0, 0.1) is 6.92 Å². The second-order valence-corrected chi connectivity index (χ2v) is 4.05. The molecular weight excluding hydrogens is 254 g/mol. The number of hydrogen-bond donors (Lipinski definition) is 2. The molecule has 0 atom stereocenters. The van der Waals surface area contributed by atoms with Gasteiger partial charge >= 0.3 is 0 Å². The van der Waals surface area contributed by atoms with Crippen molar-refractivity contribution in [2.24, 2.45) is 0 Å². The molecule has 2 aromatic rings. The van der Waals surface area contributed by atoms with E-state index in [1.165, 1.54) is 0 Å². The van der Waals surface area contributed by atoms with Crippen molar-refractivity contribution in [1.29, 1.82) is 0 Å². The van der Waals surface area contributed by atoms with Crippen molar-refractivity contribution < 1.29 is 0 Å². The maximum absolute atomic E-state index is 5.77. The summed E-state index contributed by atoms with van der Waals surface area (Å²) in [6, 6.07) is 0. The van der Waals surface area contributed by atoms with Crippen molar-refractivity contribution in [3.63, 3.8) is 0 Å². The molecule has 2 heterocycles. The maximum atomic E-state index is 5.77. The lowest BCUT2D eigenvalue weighted by molar-refractivity contribution is 0.635. The molecule has 0 aliphatic rings. The Kier molecular flexibility index (Phi) is 3.93. The van der Waals surface area contributed by atoms with Gasteiger partial charge < -0.3 is 10.6 Å². The average molecular weight is 268 g/mol. The fourth-order valence-corrected chi connectivity index (χ4v) is 1.57. The summed E-state index contributed by atoms with van der Waals surface area (Å²) in [6.45, 7) is 3.39. The Morgan fingerprint density at radius 2 is 2.06 bits per heavy atom. The third kappa shape index (κ3) is 3.30. The first-order valence-electron chi connectivity index (χ1n) is 5.49. The number of hydrogen-bond acceptors (Lipinski definition) is 6. The van der Waals surface area contributed by atoms with Crippen LogP contribution in [0.1, 0.15) is 5.56 Å². The zero-order valence-corrected chi connectivity index (χ0v) is 10.9. The second-order valence-electron chi connectivity index (χ2n) is 3.71. The zero-order chi connectivity index (χ0) is 13.0. The smallest absolute Gasteiger partial charge is 0.228 e. The fraction of sp³-hybridized carbons (Fsp3) is 0.400. The molecule has 7 nitrogen and oxygen atoms in total. The van der Waals surface area contributed by atoms with Gasteiger partial charge in [-0.2, -0.15) is 20.1 Å². The predicted octanol–water partition coefficient (Wildman–Crippen LogP) is 1.18. The Hall–Kier alpha value is -1.89. The van der Waals surface area contributed by atoms with E-state index >= 15 is 0 Å². The third-order valence-electron chi connectivity index (χ3n) is 2.22. The number of nitrogens with one attached hydrogen (secondary N) is 2. The summed E-state index contributed by atoms with van der Waals surface area (Å²) in [5.74, 6) is 0.885. The van der Waals surface area contributed by atoms with Crippen LogP contribution in [0.15, 0.2) is 12.4 Å². The molecule has 0 bridgehead atoms. The molecule has 0 aromatic carbocycles. The van der Waals surface area contributed by atoms with E-state index in [9.17, 15) is 0 Å². The molecule has 0 saturated carbocycles. The average Bonchev–Trinajstić information content (AvgIpc) is 2.74. The molecule has 2 rings (SSSR count). The van der Waals surface area contributed by atoms with Gasteiger partial charge in [-0.1, -0.05) is 0 Å². The number of aryl methyl sites for hydroxylation is 1. The molecule has 0 spiro atoms. The van der Waals surface area contributed by atoms with Crippen LogP contribution < -0.4 is 10.6 Å². The van der Waals surface area contributed by atoms with Crippen LogP contribution >= 0.6 is 11.6 Å². The highest BCUT2D eigenvalue weighted by Crippen LogP contribution is 2.08. The van der Waals surface area contributed by atoms with Gasteiger partial charge in [-0.15, -0.1) is 0 Å². The number of rotatable bonds is 5. The minimum absolute atomic E-state index is 0.159. The summed E-state index contributed by atoms with van der Waals surface area (Å²) in [4.78, 5) is 12.0. The van der Waals surface area contributed by atoms with Crippen LogP contribution in [-0.2, 0) is 6.54 Å². The molecule has 0 aliphatic carbocycles. The quantitative estimate of drug-likeness (QED) is 0.847. The van der Waals surface area contributed by atoms with E-state index in [1.807, 2.05) is 24.0 Å². The number of anilines is 2. The van der Waals surface area contributed by atoms with Gasteiger partial charge in [-0.25, -0.2) is 0 Å². The predicted molar refractivity (Wildman–Crippen MR) is 69.8 cm³/mol. The Bertz CT molecular complexity index is 525. The Morgan fingerprint density at radius 1 is 1.28 bits per heavy atom. The van der Waals surface area contributed by atoms with Crippen molar-refractivity contribution >= 4 is 23.5 Å². The largest absolute Gasteiger partial charge is 0.357 e. The van der Waals surface area contributed by atoms with Crippen molar-refractivity contribution in [2.45, 2.75) is 13.5 Å². The highest BCUT2D eigenvalue weighted by atomic mass is 35.5. The summed E-state index contributed by atoms with van der Waals surface area (Å²) in [5.41, 5.74) is 1.13. The van der Waals surface area contributed by atoms with Crippen LogP contribution in [0.5, 0.6) is 0 Å². The summed E-state index contributed by atoms with van der Waals surface area (Å²) < 4.78 is 1.85. The fourth-order valence-electron chi connectivity index (χ4n) is 1.41. The van der Waals surface area contributed by atoms with E-state index in [4.69, 9.17) is 11.6 Å². The van der Waals surface area contributed by atoms with Crippen LogP contribution in [0.3, 0.4) is 0 Å². The Balaban J connectivity index is 1.91. The molecular formula is C10H14ClN7. The summed E-state index contributed by atoms with van der Waals surface area (Å²) in [6.07, 6.45) is 3.79. The Labute approximate surface area is 110 Å². The molecule has 96 valence electrons. The molecule has 18 heavy (non-hydrogen) atoms. The van der Waals surface area contributed by atoms with Crippen molar-refractivity contribution in [1.82, 2.24) is 24.7 Å². The van der Waals surface area contributed by atoms with E-state index in [1.54, 1.807) is 7.05 Å². The molecule has 0 radical (unpaired) electrons. The standard InChI is InChI=1S/C10H14ClN7/c1-7-5-14-18(6-7)4-3-13-10-16-8(11)15-9(12-2)17-10/h5-6H,3-4H2,1-2H3,(H2,12,13,15,16,17). The van der Waals surface area contributed by atoms with E-state index in [0.29, 0.717) is 18.4 Å². The van der Waals surface area contributed by atoms with E-state index in [0.717, 1.165) is 12.1 Å². The minimum Gasteiger partial charge on any atom is -0.357 e. The van der Waals surface area contributed by atoms with Gasteiger partial charge in [0.25, 0.3) is 0 Å². The summed E-state index contributed by atoms with van der Waals surface area (Å²) in [5, 5.41) is 10.2. The summed E-state index contributed by atoms with van der Waals surface area (Å²) in [7, 11) is 1.72. The summed E-state index contributed by atoms with van der Waals surface area (Å²) >= 11 is 5.77. The molecule has 0 unspecified atom stereocenters. The van der Waals surface area contributed by atoms with Crippen molar-refractivity contribution in [3.8, 4) is 0 Å². The van der Waals surface area contributed by atoms with Crippen molar-refractivity contribution in [3.05, 3.63) is 23.2 Å². The van der Waals surface area contributed by atoms with E-state index < -0.39 is 0 Å². The number of aromatic nitrogens is 5. The molecule has 0 fully saturated rings. The molecule has 2 aromatic heterocycles. The molecule has 0 saturated heterocycles. The molecule has 0 aliphatic heterocycles. The van der Waals surface area contributed by atoms with Gasteiger partial charge in [-0.05, 0) is 24.1 Å². The first-order valence-corrected chi connectivity index (χ1v) is 5.87. The molecule has 2 N–H and O–H groups in total. The van der Waals surface area contributed by atoms with Crippen LogP contribution in [0.25, 0.3) is 0 Å². The van der Waals surface area contributed by atoms with Crippen LogP contribution in [0.4, 0.5) is 11.9 Å². The zero-order valence-electron chi connectivity index (χ0n) is 10.2. The monoisotopic (exact) mass is 267 g/mol. The van der Waals surface area contributed by atoms with Gasteiger partial charge in [0, 0.05) is 19.8 Å². The molecule has 0 amide bonds. The normalized spacial score (nSPS) is 10.4. The van der Waals surface area contributed by atoms with Crippen LogP contribution in [0.2, 0.25) is 5.28 Å². The second kappa shape index (κ2) is 5.63.